The lowest BCUT2D eigenvalue weighted by atomic mass is 10.3. The Morgan fingerprint density at radius 1 is 1.78 bits per heavy atom. The maximum atomic E-state index is 9.05. The Kier molecular flexibility index (Phi) is 0.843. The fourth-order valence-electron chi connectivity index (χ4n) is 1.10. The molecule has 0 aliphatic carbocycles. The van der Waals surface area contributed by atoms with Gasteiger partial charge >= 0.3 is 0 Å². The van der Waals surface area contributed by atoms with Gasteiger partial charge in [0.25, 0.3) is 0 Å². The highest BCUT2D eigenvalue weighted by Gasteiger charge is 2.19. The molecule has 0 fully saturated rings. The van der Waals surface area contributed by atoms with Crippen molar-refractivity contribution in [2.24, 2.45) is 0 Å². The number of aliphatic hydroxyl groups is 1. The van der Waals surface area contributed by atoms with Crippen molar-refractivity contribution in [1.29, 1.82) is 0 Å². The Morgan fingerprint density at radius 2 is 2.67 bits per heavy atom. The van der Waals surface area contributed by atoms with Crippen molar-refractivity contribution in [3.8, 4) is 0 Å². The van der Waals surface area contributed by atoms with E-state index in [4.69, 9.17) is 5.11 Å². The normalized spacial score (nSPS) is 24.3. The Labute approximate surface area is 52.1 Å². The Morgan fingerprint density at radius 3 is 3.44 bits per heavy atom. The summed E-state index contributed by atoms with van der Waals surface area (Å²) in [6.45, 7) is 0.606. The van der Waals surface area contributed by atoms with Crippen LogP contribution in [0, 0.1) is 0 Å². The number of rotatable bonds is 0. The number of aliphatic hydroxyl groups excluding tert-OH is 1. The van der Waals surface area contributed by atoms with E-state index in [1.165, 1.54) is 0 Å². The predicted molar refractivity (Wildman–Crippen MR) is 29.7 cm³/mol. The van der Waals surface area contributed by atoms with E-state index in [2.05, 4.69) is 10.3 Å². The van der Waals surface area contributed by atoms with Gasteiger partial charge in [0.05, 0.1) is 24.5 Å². The summed E-state index contributed by atoms with van der Waals surface area (Å²) in [4.78, 5) is 0. The molecule has 1 aliphatic rings. The van der Waals surface area contributed by atoms with Crippen LogP contribution < -0.4 is 0 Å². The molecule has 0 radical (unpaired) electrons. The van der Waals surface area contributed by atoms with E-state index in [0.29, 0.717) is 13.0 Å². The summed E-state index contributed by atoms with van der Waals surface area (Å²) in [5.74, 6) is 0. The van der Waals surface area contributed by atoms with Gasteiger partial charge < -0.3 is 5.11 Å². The van der Waals surface area contributed by atoms with E-state index >= 15 is 0 Å². The second-order valence-electron chi connectivity index (χ2n) is 2.27. The second-order valence-corrected chi connectivity index (χ2v) is 2.27. The van der Waals surface area contributed by atoms with E-state index in [1.807, 2.05) is 0 Å². The number of fused-ring (bicyclic) bond motifs is 1. The zero-order valence-electron chi connectivity index (χ0n) is 4.86. The van der Waals surface area contributed by atoms with Gasteiger partial charge in [-0.3, -0.25) is 0 Å². The van der Waals surface area contributed by atoms with Crippen molar-refractivity contribution in [2.45, 2.75) is 19.1 Å². The van der Waals surface area contributed by atoms with Crippen LogP contribution >= 0.6 is 0 Å². The highest BCUT2D eigenvalue weighted by Crippen LogP contribution is 2.10. The van der Waals surface area contributed by atoms with Gasteiger partial charge in [-0.05, 0) is 0 Å². The molecular weight excluding hydrogens is 118 g/mol. The maximum Gasteiger partial charge on any atom is 0.0792 e. The van der Waals surface area contributed by atoms with Crippen molar-refractivity contribution in [3.05, 3.63) is 11.9 Å². The summed E-state index contributed by atoms with van der Waals surface area (Å²) in [6, 6.07) is 0. The molecule has 0 aromatic carbocycles. The number of hydrogen-bond acceptors (Lipinski definition) is 3. The van der Waals surface area contributed by atoms with Crippen LogP contribution in [0.1, 0.15) is 5.69 Å². The van der Waals surface area contributed by atoms with E-state index < -0.39 is 0 Å². The lowest BCUT2D eigenvalue weighted by molar-refractivity contribution is 0.171. The largest absolute Gasteiger partial charge is 0.391 e. The molecule has 9 heavy (non-hydrogen) atoms. The molecule has 1 atom stereocenters. The molecule has 1 aromatic rings. The third-order valence-corrected chi connectivity index (χ3v) is 1.53. The molecule has 0 amide bonds. The maximum absolute atomic E-state index is 9.05. The van der Waals surface area contributed by atoms with Gasteiger partial charge in [0.15, 0.2) is 0 Å². The fraction of sp³-hybridized carbons (Fsp3) is 0.600. The van der Waals surface area contributed by atoms with Gasteiger partial charge in [0.1, 0.15) is 0 Å². The van der Waals surface area contributed by atoms with Crippen LogP contribution in [0.5, 0.6) is 0 Å². The number of hydrogen-bond donors (Lipinski definition) is 1. The van der Waals surface area contributed by atoms with Crippen molar-refractivity contribution >= 4 is 0 Å². The van der Waals surface area contributed by atoms with Gasteiger partial charge in [-0.1, -0.05) is 5.21 Å². The van der Waals surface area contributed by atoms with E-state index in [-0.39, 0.29) is 6.10 Å². The monoisotopic (exact) mass is 125 g/mol. The first-order valence-corrected chi connectivity index (χ1v) is 2.91. The minimum atomic E-state index is -0.240. The lowest BCUT2D eigenvalue weighted by Gasteiger charge is -1.93. The van der Waals surface area contributed by atoms with Crippen LogP contribution in [0.2, 0.25) is 0 Å². The van der Waals surface area contributed by atoms with Crippen LogP contribution in [0.15, 0.2) is 6.20 Å². The van der Waals surface area contributed by atoms with Crippen LogP contribution in [-0.4, -0.2) is 26.2 Å². The quantitative estimate of drug-likeness (QED) is 0.493. The van der Waals surface area contributed by atoms with E-state index in [0.717, 1.165) is 5.69 Å². The Bertz CT molecular complexity index is 199. The zero-order chi connectivity index (χ0) is 6.27. The third-order valence-electron chi connectivity index (χ3n) is 1.53. The highest BCUT2D eigenvalue weighted by atomic mass is 16.3. The van der Waals surface area contributed by atoms with Gasteiger partial charge in [-0.2, -0.15) is 0 Å². The average molecular weight is 125 g/mol. The van der Waals surface area contributed by atoms with Crippen LogP contribution in [0.3, 0.4) is 0 Å². The van der Waals surface area contributed by atoms with Crippen molar-refractivity contribution in [1.82, 2.24) is 15.0 Å². The topological polar surface area (TPSA) is 50.9 Å². The minimum Gasteiger partial charge on any atom is -0.391 e. The predicted octanol–water partition coefficient (Wildman–Crippen LogP) is -0.805. The first-order chi connectivity index (χ1) is 4.36. The third kappa shape index (κ3) is 0.632. The number of aromatic nitrogens is 3. The Balaban J connectivity index is 2.39. The second kappa shape index (κ2) is 1.54. The molecule has 0 saturated heterocycles. The van der Waals surface area contributed by atoms with Gasteiger partial charge in [-0.15, -0.1) is 5.10 Å². The molecule has 2 heterocycles. The van der Waals surface area contributed by atoms with Crippen LogP contribution in [-0.2, 0) is 13.0 Å². The number of nitrogens with zero attached hydrogens (tertiary/aromatic N) is 3. The molecule has 0 unspecified atom stereocenters. The van der Waals surface area contributed by atoms with Crippen LogP contribution in [0.25, 0.3) is 0 Å². The summed E-state index contributed by atoms with van der Waals surface area (Å²) >= 11 is 0. The summed E-state index contributed by atoms with van der Waals surface area (Å²) in [5, 5.41) is 16.5. The Hall–Kier alpha value is -0.900. The smallest absolute Gasteiger partial charge is 0.0792 e. The van der Waals surface area contributed by atoms with Gasteiger partial charge in [0.2, 0.25) is 0 Å². The SMILES string of the molecule is O[C@@H]1Cc2cnnn2C1. The van der Waals surface area contributed by atoms with Gasteiger partial charge in [-0.25, -0.2) is 4.68 Å². The van der Waals surface area contributed by atoms with Crippen LogP contribution in [0.4, 0.5) is 0 Å². The summed E-state index contributed by atoms with van der Waals surface area (Å²) in [6.07, 6.45) is 2.15. The molecule has 0 spiro atoms. The molecule has 48 valence electrons. The molecule has 1 aliphatic heterocycles. The molecule has 2 rings (SSSR count). The first kappa shape index (κ1) is 4.93. The molecule has 0 saturated carbocycles. The molecule has 4 heteroatoms. The minimum absolute atomic E-state index is 0.240. The van der Waals surface area contributed by atoms with Gasteiger partial charge in [0, 0.05) is 6.42 Å². The molecule has 1 N–H and O–H groups in total. The highest BCUT2D eigenvalue weighted by molar-refractivity contribution is 5.01. The van der Waals surface area contributed by atoms with Crippen molar-refractivity contribution < 1.29 is 5.11 Å². The fourth-order valence-corrected chi connectivity index (χ4v) is 1.10. The average Bonchev–Trinajstić information content (AvgIpc) is 2.22. The first-order valence-electron chi connectivity index (χ1n) is 2.91. The molecular formula is C5H7N3O. The van der Waals surface area contributed by atoms with Crippen molar-refractivity contribution in [3.63, 3.8) is 0 Å². The van der Waals surface area contributed by atoms with E-state index in [1.54, 1.807) is 10.9 Å². The molecule has 1 aromatic heterocycles. The summed E-state index contributed by atoms with van der Waals surface area (Å²) in [7, 11) is 0. The molecule has 0 bridgehead atoms. The zero-order valence-corrected chi connectivity index (χ0v) is 4.86. The molecule has 4 nitrogen and oxygen atoms in total. The lowest BCUT2D eigenvalue weighted by Crippen LogP contribution is -2.08. The van der Waals surface area contributed by atoms with Crippen molar-refractivity contribution in [2.75, 3.05) is 0 Å². The van der Waals surface area contributed by atoms with E-state index in [9.17, 15) is 0 Å². The summed E-state index contributed by atoms with van der Waals surface area (Å²) < 4.78 is 1.73. The standard InChI is InChI=1S/C5H7N3O/c9-5-1-4-2-6-7-8(4)3-5/h2,5,9H,1,3H2/t5-/m1/s1. The summed E-state index contributed by atoms with van der Waals surface area (Å²) in [5.41, 5.74) is 1.03.